The van der Waals surface area contributed by atoms with Crippen molar-refractivity contribution in [2.75, 3.05) is 13.2 Å². The summed E-state index contributed by atoms with van der Waals surface area (Å²) in [5.41, 5.74) is 0. The fraction of sp³-hybridized carbons (Fsp3) is 0.732. The van der Waals surface area contributed by atoms with Crippen molar-refractivity contribution in [3.05, 3.63) is 48.6 Å². The van der Waals surface area contributed by atoms with Crippen LogP contribution >= 0.6 is 7.82 Å². The van der Waals surface area contributed by atoms with Crippen molar-refractivity contribution in [2.45, 2.75) is 175 Å². The highest BCUT2D eigenvalue weighted by atomic mass is 31.2. The lowest BCUT2D eigenvalue weighted by molar-refractivity contribution is -0.161. The van der Waals surface area contributed by atoms with Gasteiger partial charge in [-0.15, -0.1) is 0 Å². The molecule has 0 heterocycles. The molecule has 1 atom stereocenters. The molecule has 9 nitrogen and oxygen atoms in total. The molecule has 0 saturated heterocycles. The average molecular weight is 739 g/mol. The van der Waals surface area contributed by atoms with E-state index < -0.39 is 32.5 Å². The van der Waals surface area contributed by atoms with Gasteiger partial charge >= 0.3 is 19.8 Å². The molecule has 294 valence electrons. The molecule has 2 N–H and O–H groups in total. The van der Waals surface area contributed by atoms with Crippen LogP contribution in [0.25, 0.3) is 0 Å². The monoisotopic (exact) mass is 738 g/mol. The number of rotatable bonds is 35. The first-order chi connectivity index (χ1) is 24.5. The van der Waals surface area contributed by atoms with E-state index in [4.69, 9.17) is 19.3 Å². The van der Waals surface area contributed by atoms with Crippen LogP contribution in [0, 0.1) is 5.92 Å². The molecular weight excluding hydrogens is 667 g/mol. The normalized spacial score (nSPS) is 13.0. The summed E-state index contributed by atoms with van der Waals surface area (Å²) in [4.78, 5) is 54.4. The van der Waals surface area contributed by atoms with E-state index in [-0.39, 0.29) is 25.2 Å². The molecule has 10 heteroatoms. The van der Waals surface area contributed by atoms with Gasteiger partial charge in [0.25, 0.3) is 0 Å². The molecule has 0 aromatic heterocycles. The summed E-state index contributed by atoms with van der Waals surface area (Å²) in [5.74, 6) is -0.0106. The Morgan fingerprint density at radius 3 is 1.78 bits per heavy atom. The Kier molecular flexibility index (Phi) is 33.2. The number of phosphoric acid groups is 1. The molecular formula is C41H71O9P. The van der Waals surface area contributed by atoms with Gasteiger partial charge in [-0.1, -0.05) is 153 Å². The Morgan fingerprint density at radius 1 is 0.627 bits per heavy atom. The Hall–Kier alpha value is -2.32. The highest BCUT2D eigenvalue weighted by Gasteiger charge is 2.22. The van der Waals surface area contributed by atoms with E-state index >= 15 is 0 Å². The lowest BCUT2D eigenvalue weighted by atomic mass is 10.0. The number of ether oxygens (including phenoxy) is 2. The van der Waals surface area contributed by atoms with Gasteiger partial charge in [-0.2, -0.15) is 0 Å². The largest absolute Gasteiger partial charge is 0.469 e. The molecule has 0 rings (SSSR count). The third-order valence-corrected chi connectivity index (χ3v) is 8.74. The molecule has 0 saturated carbocycles. The first kappa shape index (κ1) is 48.7. The predicted octanol–water partition coefficient (Wildman–Crippen LogP) is 11.0. The van der Waals surface area contributed by atoms with E-state index in [1.807, 2.05) is 36.5 Å². The van der Waals surface area contributed by atoms with E-state index in [9.17, 15) is 18.9 Å². The third-order valence-electron chi connectivity index (χ3n) is 8.25. The number of hydrogen-bond acceptors (Lipinski definition) is 7. The molecule has 0 aromatic rings. The zero-order valence-corrected chi connectivity index (χ0v) is 33.0. The van der Waals surface area contributed by atoms with E-state index in [0.717, 1.165) is 57.3 Å². The second kappa shape index (κ2) is 34.7. The van der Waals surface area contributed by atoms with E-state index in [1.54, 1.807) is 12.2 Å². The first-order valence-electron chi connectivity index (χ1n) is 19.7. The maximum Gasteiger partial charge on any atom is 0.469 e. The molecule has 51 heavy (non-hydrogen) atoms. The van der Waals surface area contributed by atoms with Gasteiger partial charge in [0.05, 0.1) is 6.61 Å². The van der Waals surface area contributed by atoms with Crippen molar-refractivity contribution in [1.82, 2.24) is 0 Å². The minimum Gasteiger partial charge on any atom is -0.462 e. The number of unbranched alkanes of at least 4 members (excludes halogenated alkanes) is 14. The number of allylic oxidation sites excluding steroid dienone is 8. The summed E-state index contributed by atoms with van der Waals surface area (Å²) in [7, 11) is -4.78. The zero-order chi connectivity index (χ0) is 37.8. The van der Waals surface area contributed by atoms with Gasteiger partial charge in [0.2, 0.25) is 0 Å². The first-order valence-corrected chi connectivity index (χ1v) is 21.3. The van der Waals surface area contributed by atoms with Crippen LogP contribution in [0.15, 0.2) is 48.6 Å². The second-order valence-electron chi connectivity index (χ2n) is 13.8. The summed E-state index contributed by atoms with van der Waals surface area (Å²) in [6, 6.07) is 0. The number of carbonyl (C=O) groups excluding carboxylic acids is 3. The average Bonchev–Trinajstić information content (AvgIpc) is 3.07. The Bertz CT molecular complexity index is 1040. The van der Waals surface area contributed by atoms with Gasteiger partial charge in [-0.3, -0.25) is 18.9 Å². The maximum absolute atomic E-state index is 12.4. The van der Waals surface area contributed by atoms with Gasteiger partial charge in [0.15, 0.2) is 11.9 Å². The topological polar surface area (TPSA) is 136 Å². The van der Waals surface area contributed by atoms with Crippen LogP contribution in [0.3, 0.4) is 0 Å². The van der Waals surface area contributed by atoms with E-state index in [1.165, 1.54) is 57.8 Å². The fourth-order valence-corrected chi connectivity index (χ4v) is 5.63. The standard InChI is InChI=1S/C41H71O9P/c1-4-5-25-31-38(42)32-27-22-18-14-10-8-12-16-20-24-29-34-41(44)50-39(36-49-51(45,46)47)35-48-40(43)33-28-23-19-15-11-7-6-9-13-17-21-26-30-37(2)3/h8,10,16,18,20,22,27,32,37,39H,4-7,9,11-15,17,19,21,23-26,28-31,33-36H2,1-3H3,(H2,45,46,47)/b10-8-,20-16-,22-18-,32-27+/t39-/m1/s1. The predicted molar refractivity (Wildman–Crippen MR) is 207 cm³/mol. The van der Waals surface area contributed by atoms with Crippen molar-refractivity contribution >= 4 is 25.5 Å². The van der Waals surface area contributed by atoms with Gasteiger partial charge in [-0.25, -0.2) is 4.57 Å². The number of hydrogen-bond donors (Lipinski definition) is 2. The molecule has 0 bridgehead atoms. The molecule has 0 aliphatic rings. The van der Waals surface area contributed by atoms with Crippen LogP contribution in [0.4, 0.5) is 0 Å². The van der Waals surface area contributed by atoms with Gasteiger partial charge in [0.1, 0.15) is 6.61 Å². The van der Waals surface area contributed by atoms with Crippen molar-refractivity contribution in [2.24, 2.45) is 5.92 Å². The number of esters is 2. The third kappa shape index (κ3) is 38.7. The Balaban J connectivity index is 4.10. The molecule has 0 aliphatic carbocycles. The summed E-state index contributed by atoms with van der Waals surface area (Å²) in [6.07, 6.45) is 36.8. The van der Waals surface area contributed by atoms with Crippen LogP contribution < -0.4 is 0 Å². The molecule has 0 aromatic carbocycles. The minimum absolute atomic E-state index is 0.110. The highest BCUT2D eigenvalue weighted by Crippen LogP contribution is 2.36. The van der Waals surface area contributed by atoms with E-state index in [0.29, 0.717) is 25.7 Å². The SMILES string of the molecule is CCCCCC(=O)/C=C/C=C\C/C=C\C/C=C\CCCC(=O)O[C@H](COC(=O)CCCCCCCCCCCCCCC(C)C)COP(=O)(O)O. The van der Waals surface area contributed by atoms with Gasteiger partial charge in [-0.05, 0) is 50.5 Å². The summed E-state index contributed by atoms with van der Waals surface area (Å²) in [5, 5.41) is 0. The zero-order valence-electron chi connectivity index (χ0n) is 32.2. The van der Waals surface area contributed by atoms with Gasteiger partial charge < -0.3 is 19.3 Å². The summed E-state index contributed by atoms with van der Waals surface area (Å²) in [6.45, 7) is 5.79. The second-order valence-corrected chi connectivity index (χ2v) is 15.0. The number of ketones is 1. The summed E-state index contributed by atoms with van der Waals surface area (Å²) < 4.78 is 26.3. The number of carbonyl (C=O) groups is 3. The van der Waals surface area contributed by atoms with Crippen molar-refractivity contribution < 1.29 is 42.7 Å². The lowest BCUT2D eigenvalue weighted by Crippen LogP contribution is -2.29. The Morgan fingerprint density at radius 2 is 1.18 bits per heavy atom. The quantitative estimate of drug-likeness (QED) is 0.0162. The number of phosphoric ester groups is 1. The lowest BCUT2D eigenvalue weighted by Gasteiger charge is -2.18. The van der Waals surface area contributed by atoms with Crippen molar-refractivity contribution in [3.63, 3.8) is 0 Å². The van der Waals surface area contributed by atoms with Crippen LogP contribution in [0.5, 0.6) is 0 Å². The van der Waals surface area contributed by atoms with Crippen LogP contribution in [-0.4, -0.2) is 46.8 Å². The summed E-state index contributed by atoms with van der Waals surface area (Å²) >= 11 is 0. The molecule has 0 aliphatic heterocycles. The van der Waals surface area contributed by atoms with E-state index in [2.05, 4.69) is 25.3 Å². The van der Waals surface area contributed by atoms with Crippen LogP contribution in [0.1, 0.15) is 168 Å². The molecule has 0 amide bonds. The fourth-order valence-electron chi connectivity index (χ4n) is 5.27. The van der Waals surface area contributed by atoms with Gasteiger partial charge in [0, 0.05) is 19.3 Å². The van der Waals surface area contributed by atoms with Crippen molar-refractivity contribution in [3.8, 4) is 0 Å². The minimum atomic E-state index is -4.78. The van der Waals surface area contributed by atoms with Crippen LogP contribution in [0.2, 0.25) is 0 Å². The van der Waals surface area contributed by atoms with Crippen molar-refractivity contribution in [1.29, 1.82) is 0 Å². The maximum atomic E-state index is 12.4. The Labute approximate surface area is 310 Å². The smallest absolute Gasteiger partial charge is 0.462 e. The molecule has 0 radical (unpaired) electrons. The molecule has 0 unspecified atom stereocenters. The molecule has 0 spiro atoms. The van der Waals surface area contributed by atoms with Crippen LogP contribution in [-0.2, 0) is 32.9 Å². The molecule has 0 fully saturated rings. The highest BCUT2D eigenvalue weighted by molar-refractivity contribution is 7.46.